The molecule has 2 heterocycles. The van der Waals surface area contributed by atoms with Gasteiger partial charge in [-0.25, -0.2) is 4.98 Å². The lowest BCUT2D eigenvalue weighted by Crippen LogP contribution is -2.41. The van der Waals surface area contributed by atoms with Crippen molar-refractivity contribution < 1.29 is 0 Å². The first-order valence-electron chi connectivity index (χ1n) is 8.44. The summed E-state index contributed by atoms with van der Waals surface area (Å²) in [5, 5.41) is 4.68. The van der Waals surface area contributed by atoms with Gasteiger partial charge in [-0.3, -0.25) is 4.90 Å². The summed E-state index contributed by atoms with van der Waals surface area (Å²) in [5.41, 5.74) is 1.18. The molecule has 0 amide bonds. The summed E-state index contributed by atoms with van der Waals surface area (Å²) in [6.07, 6.45) is 4.06. The molecule has 1 fully saturated rings. The third-order valence-electron chi connectivity index (χ3n) is 4.33. The van der Waals surface area contributed by atoms with E-state index >= 15 is 0 Å². The molecule has 1 aliphatic heterocycles. The van der Waals surface area contributed by atoms with Crippen molar-refractivity contribution in [2.24, 2.45) is 0 Å². The number of likely N-dealkylation sites (tertiary alicyclic amines) is 1. The maximum atomic E-state index is 6.12. The van der Waals surface area contributed by atoms with Crippen molar-refractivity contribution in [2.45, 2.75) is 25.4 Å². The fourth-order valence-corrected chi connectivity index (χ4v) is 3.38. The quantitative estimate of drug-likeness (QED) is 0.852. The van der Waals surface area contributed by atoms with Crippen LogP contribution >= 0.6 is 23.2 Å². The van der Waals surface area contributed by atoms with Crippen molar-refractivity contribution in [1.29, 1.82) is 0 Å². The number of halogens is 2. The van der Waals surface area contributed by atoms with Gasteiger partial charge in [-0.2, -0.15) is 4.98 Å². The Labute approximate surface area is 159 Å². The number of nitrogens with zero attached hydrogens (tertiary/aromatic N) is 4. The lowest BCUT2D eigenvalue weighted by Gasteiger charge is -2.33. The van der Waals surface area contributed by atoms with E-state index in [1.807, 2.05) is 43.3 Å². The zero-order chi connectivity index (χ0) is 17.8. The van der Waals surface area contributed by atoms with Crippen molar-refractivity contribution in [2.75, 3.05) is 37.4 Å². The molecule has 1 unspecified atom stereocenters. The molecule has 1 N–H and O–H groups in total. The van der Waals surface area contributed by atoms with Gasteiger partial charge in [-0.05, 0) is 43.1 Å². The van der Waals surface area contributed by atoms with Crippen molar-refractivity contribution in [3.05, 3.63) is 46.1 Å². The van der Waals surface area contributed by atoms with Gasteiger partial charge in [0.05, 0.1) is 10.0 Å². The molecule has 3 rings (SSSR count). The molecule has 7 heteroatoms. The highest BCUT2D eigenvalue weighted by molar-refractivity contribution is 6.42. The molecule has 5 nitrogen and oxygen atoms in total. The molecule has 1 aliphatic rings. The predicted octanol–water partition coefficient (Wildman–Crippen LogP) is 3.93. The van der Waals surface area contributed by atoms with Crippen molar-refractivity contribution in [3.63, 3.8) is 0 Å². The smallest absolute Gasteiger partial charge is 0.224 e. The van der Waals surface area contributed by atoms with Gasteiger partial charge in [0.1, 0.15) is 5.82 Å². The fourth-order valence-electron chi connectivity index (χ4n) is 3.06. The maximum absolute atomic E-state index is 6.12. The molecule has 0 radical (unpaired) electrons. The molecule has 134 valence electrons. The molecular weight excluding hydrogens is 357 g/mol. The van der Waals surface area contributed by atoms with Crippen LogP contribution < -0.4 is 10.2 Å². The molecule has 0 spiro atoms. The summed E-state index contributed by atoms with van der Waals surface area (Å²) in [6, 6.07) is 8.09. The van der Waals surface area contributed by atoms with E-state index in [-0.39, 0.29) is 0 Å². The van der Waals surface area contributed by atoms with Gasteiger partial charge in [0, 0.05) is 39.4 Å². The van der Waals surface area contributed by atoms with Gasteiger partial charge in [-0.1, -0.05) is 29.3 Å². The highest BCUT2D eigenvalue weighted by Crippen LogP contribution is 2.24. The van der Waals surface area contributed by atoms with E-state index in [1.54, 1.807) is 6.20 Å². The Morgan fingerprint density at radius 3 is 2.84 bits per heavy atom. The minimum absolute atomic E-state index is 0.342. The second-order valence-corrected chi connectivity index (χ2v) is 7.41. The average Bonchev–Trinajstić information content (AvgIpc) is 2.59. The maximum Gasteiger partial charge on any atom is 0.224 e. The van der Waals surface area contributed by atoms with Crippen LogP contribution in [0.1, 0.15) is 18.4 Å². The van der Waals surface area contributed by atoms with E-state index in [1.165, 1.54) is 5.56 Å². The van der Waals surface area contributed by atoms with Gasteiger partial charge >= 0.3 is 0 Å². The Balaban J connectivity index is 1.61. The molecule has 2 aromatic rings. The van der Waals surface area contributed by atoms with Crippen LogP contribution in [-0.2, 0) is 6.54 Å². The number of anilines is 2. The van der Waals surface area contributed by atoms with Crippen molar-refractivity contribution >= 4 is 35.0 Å². The van der Waals surface area contributed by atoms with Crippen molar-refractivity contribution in [3.8, 4) is 0 Å². The SMILES string of the molecule is CN(C)c1ccnc(NC2CCCN(Cc3ccc(Cl)c(Cl)c3)C2)n1. The van der Waals surface area contributed by atoms with E-state index in [0.717, 1.165) is 38.3 Å². The van der Waals surface area contributed by atoms with E-state index < -0.39 is 0 Å². The topological polar surface area (TPSA) is 44.3 Å². The molecule has 0 aliphatic carbocycles. The summed E-state index contributed by atoms with van der Waals surface area (Å²) in [5.74, 6) is 1.59. The molecule has 0 bridgehead atoms. The van der Waals surface area contributed by atoms with Crippen LogP contribution in [0.2, 0.25) is 10.0 Å². The van der Waals surface area contributed by atoms with Crippen molar-refractivity contribution in [1.82, 2.24) is 14.9 Å². The van der Waals surface area contributed by atoms with E-state index in [9.17, 15) is 0 Å². The van der Waals surface area contributed by atoms with Gasteiger partial charge < -0.3 is 10.2 Å². The Hall–Kier alpha value is -1.56. The molecule has 1 atom stereocenters. The summed E-state index contributed by atoms with van der Waals surface area (Å²) in [7, 11) is 3.96. The van der Waals surface area contributed by atoms with Crippen LogP contribution in [0.4, 0.5) is 11.8 Å². The number of hydrogen-bond donors (Lipinski definition) is 1. The lowest BCUT2D eigenvalue weighted by molar-refractivity contribution is 0.208. The van der Waals surface area contributed by atoms with Crippen LogP contribution in [0.5, 0.6) is 0 Å². The zero-order valence-corrected chi connectivity index (χ0v) is 16.1. The molecule has 1 aromatic heterocycles. The summed E-state index contributed by atoms with van der Waals surface area (Å²) in [6.45, 7) is 2.90. The highest BCUT2D eigenvalue weighted by Gasteiger charge is 2.21. The Bertz CT molecular complexity index is 722. The average molecular weight is 380 g/mol. The van der Waals surface area contributed by atoms with Crippen LogP contribution in [0.15, 0.2) is 30.5 Å². The first kappa shape index (κ1) is 18.2. The monoisotopic (exact) mass is 379 g/mol. The number of benzene rings is 1. The minimum atomic E-state index is 0.342. The molecule has 1 aromatic carbocycles. The summed E-state index contributed by atoms with van der Waals surface area (Å²) >= 11 is 12.1. The van der Waals surface area contributed by atoms with Crippen LogP contribution in [0.3, 0.4) is 0 Å². The highest BCUT2D eigenvalue weighted by atomic mass is 35.5. The third kappa shape index (κ3) is 4.97. The predicted molar refractivity (Wildman–Crippen MR) is 105 cm³/mol. The van der Waals surface area contributed by atoms with Crippen LogP contribution in [0, 0.1) is 0 Å². The van der Waals surface area contributed by atoms with Crippen LogP contribution in [0.25, 0.3) is 0 Å². The van der Waals surface area contributed by atoms with Gasteiger partial charge in [-0.15, -0.1) is 0 Å². The second-order valence-electron chi connectivity index (χ2n) is 6.60. The zero-order valence-electron chi connectivity index (χ0n) is 14.5. The number of piperidine rings is 1. The Kier molecular flexibility index (Phi) is 5.99. The third-order valence-corrected chi connectivity index (χ3v) is 5.07. The second kappa shape index (κ2) is 8.21. The first-order chi connectivity index (χ1) is 12.0. The van der Waals surface area contributed by atoms with E-state index in [2.05, 4.69) is 20.2 Å². The Morgan fingerprint density at radius 2 is 2.08 bits per heavy atom. The number of aromatic nitrogens is 2. The minimum Gasteiger partial charge on any atom is -0.363 e. The normalized spacial score (nSPS) is 18.2. The largest absolute Gasteiger partial charge is 0.363 e. The van der Waals surface area contributed by atoms with Crippen LogP contribution in [-0.4, -0.2) is 48.1 Å². The first-order valence-corrected chi connectivity index (χ1v) is 9.20. The lowest BCUT2D eigenvalue weighted by atomic mass is 10.0. The molecule has 25 heavy (non-hydrogen) atoms. The summed E-state index contributed by atoms with van der Waals surface area (Å²) in [4.78, 5) is 13.3. The standard InChI is InChI=1S/C18H23Cl2N5/c1-24(2)17-7-8-21-18(23-17)22-14-4-3-9-25(12-14)11-13-5-6-15(19)16(20)10-13/h5-8,10,14H,3-4,9,11-12H2,1-2H3,(H,21,22,23). The van der Waals surface area contributed by atoms with E-state index in [0.29, 0.717) is 22.0 Å². The Morgan fingerprint density at radius 1 is 1.24 bits per heavy atom. The number of nitrogens with one attached hydrogen (secondary N) is 1. The summed E-state index contributed by atoms with van der Waals surface area (Å²) < 4.78 is 0. The van der Waals surface area contributed by atoms with Gasteiger partial charge in [0.15, 0.2) is 0 Å². The number of hydrogen-bond acceptors (Lipinski definition) is 5. The molecule has 0 saturated carbocycles. The number of rotatable bonds is 5. The van der Waals surface area contributed by atoms with Gasteiger partial charge in [0.2, 0.25) is 5.95 Å². The fraction of sp³-hybridized carbons (Fsp3) is 0.444. The van der Waals surface area contributed by atoms with E-state index in [4.69, 9.17) is 23.2 Å². The molecular formula is C18H23Cl2N5. The molecule has 1 saturated heterocycles. The van der Waals surface area contributed by atoms with Gasteiger partial charge in [0.25, 0.3) is 0 Å².